The van der Waals surface area contributed by atoms with E-state index in [9.17, 15) is 14.4 Å². The van der Waals surface area contributed by atoms with Crippen molar-refractivity contribution in [2.75, 3.05) is 5.75 Å². The molecular weight excluding hydrogens is 523 g/mol. The number of unbranched alkanes of at least 4 members (excludes halogenated alkanes) is 1. The lowest BCUT2D eigenvalue weighted by Gasteiger charge is -2.25. The Labute approximate surface area is 227 Å². The molecule has 0 aliphatic heterocycles. The lowest BCUT2D eigenvalue weighted by Crippen LogP contribution is -2.53. The molecule has 2 rings (SSSR count). The van der Waals surface area contributed by atoms with E-state index < -0.39 is 29.5 Å². The van der Waals surface area contributed by atoms with Gasteiger partial charge in [0.1, 0.15) is 17.6 Å². The zero-order valence-electron chi connectivity index (χ0n) is 20.8. The van der Waals surface area contributed by atoms with E-state index >= 15 is 0 Å². The summed E-state index contributed by atoms with van der Waals surface area (Å²) in [4.78, 5) is 38.8. The molecule has 0 saturated carbocycles. The van der Waals surface area contributed by atoms with E-state index in [0.717, 1.165) is 18.6 Å². The van der Waals surface area contributed by atoms with Crippen LogP contribution in [-0.4, -0.2) is 41.0 Å². The first-order valence-electron chi connectivity index (χ1n) is 12.0. The Morgan fingerprint density at radius 3 is 2.36 bits per heavy atom. The van der Waals surface area contributed by atoms with Crippen LogP contribution in [0.2, 0.25) is 5.02 Å². The van der Waals surface area contributed by atoms with Gasteiger partial charge >= 0.3 is 0 Å². The molecule has 1 aromatic heterocycles. The third-order valence-electron chi connectivity index (χ3n) is 5.22. The summed E-state index contributed by atoms with van der Waals surface area (Å²) >= 11 is 13.5. The van der Waals surface area contributed by atoms with Crippen LogP contribution in [0.25, 0.3) is 0 Å². The van der Waals surface area contributed by atoms with Crippen LogP contribution in [0.15, 0.2) is 47.1 Å². The maximum absolute atomic E-state index is 13.2. The molecule has 0 spiro atoms. The number of benzene rings is 1. The Hall–Kier alpha value is -2.16. The Kier molecular flexibility index (Phi) is 13.2. The molecule has 2 aromatic rings. The molecule has 36 heavy (non-hydrogen) atoms. The number of nitrogens with one attached hydrogen (secondary N) is 2. The topological polar surface area (TPSA) is 97.6 Å². The highest BCUT2D eigenvalue weighted by molar-refractivity contribution is 7.99. The number of thioether (sulfide) groups is 1. The highest BCUT2D eigenvalue weighted by atomic mass is 35.5. The number of carbonyl (C=O) groups excluding carboxylic acids is 3. The van der Waals surface area contributed by atoms with Crippen molar-refractivity contribution in [3.8, 4) is 5.75 Å². The van der Waals surface area contributed by atoms with E-state index in [-0.39, 0.29) is 17.5 Å². The number of rotatable bonds is 16. The van der Waals surface area contributed by atoms with E-state index in [1.165, 1.54) is 11.8 Å². The number of Topliss-reactive ketones (excluding diaryl/α,β-unsaturated/α-hetero) is 1. The summed E-state index contributed by atoms with van der Waals surface area (Å²) in [6.07, 6.45) is 4.18. The quantitative estimate of drug-likeness (QED) is 0.262. The van der Waals surface area contributed by atoms with Gasteiger partial charge in [-0.1, -0.05) is 56.8 Å². The second-order valence-electron chi connectivity index (χ2n) is 8.82. The fraction of sp³-hybridized carbons (Fsp3) is 0.500. The van der Waals surface area contributed by atoms with Crippen molar-refractivity contribution < 1.29 is 23.5 Å². The third kappa shape index (κ3) is 10.8. The van der Waals surface area contributed by atoms with Crippen LogP contribution in [0.5, 0.6) is 5.75 Å². The van der Waals surface area contributed by atoms with Gasteiger partial charge in [0, 0.05) is 5.02 Å². The van der Waals surface area contributed by atoms with Crippen molar-refractivity contribution in [3.63, 3.8) is 0 Å². The van der Waals surface area contributed by atoms with Crippen molar-refractivity contribution >= 4 is 52.6 Å². The van der Waals surface area contributed by atoms with Crippen LogP contribution < -0.4 is 15.4 Å². The van der Waals surface area contributed by atoms with Gasteiger partial charge in [0.2, 0.25) is 11.5 Å². The average Bonchev–Trinajstić information content (AvgIpc) is 3.35. The molecule has 7 nitrogen and oxygen atoms in total. The SMILES string of the molecule is CCCC[C@H](NC(=O)[C@H](CC(C)C)NC(=O)C(Cl)Oc1ccc(Cl)cc1)C(=O)CSCc1ccco1. The summed E-state index contributed by atoms with van der Waals surface area (Å²) in [7, 11) is 0. The highest BCUT2D eigenvalue weighted by Gasteiger charge is 2.29. The van der Waals surface area contributed by atoms with Crippen LogP contribution in [-0.2, 0) is 20.1 Å². The molecular formula is C26H34Cl2N2O5S. The molecule has 0 aliphatic carbocycles. The predicted octanol–water partition coefficient (Wildman–Crippen LogP) is 5.59. The lowest BCUT2D eigenvalue weighted by molar-refractivity contribution is -0.132. The van der Waals surface area contributed by atoms with Gasteiger partial charge in [-0.05, 0) is 55.2 Å². The predicted molar refractivity (Wildman–Crippen MR) is 144 cm³/mol. The van der Waals surface area contributed by atoms with Crippen molar-refractivity contribution in [3.05, 3.63) is 53.4 Å². The minimum absolute atomic E-state index is 0.0655. The normalized spacial score (nSPS) is 13.6. The summed E-state index contributed by atoms with van der Waals surface area (Å²) in [6, 6.07) is 8.59. The largest absolute Gasteiger partial charge is 0.468 e. The van der Waals surface area contributed by atoms with Crippen LogP contribution in [0, 0.1) is 5.92 Å². The average molecular weight is 558 g/mol. The van der Waals surface area contributed by atoms with Gasteiger partial charge in [0.25, 0.3) is 5.91 Å². The van der Waals surface area contributed by atoms with Crippen LogP contribution >= 0.6 is 35.0 Å². The fourth-order valence-electron chi connectivity index (χ4n) is 3.37. The molecule has 0 bridgehead atoms. The minimum atomic E-state index is -1.34. The van der Waals surface area contributed by atoms with Gasteiger partial charge in [-0.3, -0.25) is 14.4 Å². The van der Waals surface area contributed by atoms with Gasteiger partial charge in [0.15, 0.2) is 5.78 Å². The molecule has 2 N–H and O–H groups in total. The summed E-state index contributed by atoms with van der Waals surface area (Å²) < 4.78 is 10.8. The van der Waals surface area contributed by atoms with Gasteiger partial charge in [-0.15, -0.1) is 11.8 Å². The third-order valence-corrected chi connectivity index (χ3v) is 6.74. The monoisotopic (exact) mass is 556 g/mol. The van der Waals surface area contributed by atoms with Gasteiger partial charge in [0.05, 0.1) is 23.8 Å². The van der Waals surface area contributed by atoms with E-state index in [1.54, 1.807) is 36.6 Å². The van der Waals surface area contributed by atoms with Crippen molar-refractivity contribution in [1.29, 1.82) is 0 Å². The number of ether oxygens (including phenoxy) is 1. The number of amides is 2. The first-order chi connectivity index (χ1) is 17.2. The molecule has 1 unspecified atom stereocenters. The molecule has 2 amide bonds. The smallest absolute Gasteiger partial charge is 0.277 e. The zero-order chi connectivity index (χ0) is 26.5. The number of carbonyl (C=O) groups is 3. The molecule has 1 aromatic carbocycles. The van der Waals surface area contributed by atoms with Gasteiger partial charge < -0.3 is 19.8 Å². The molecule has 0 radical (unpaired) electrons. The Bertz CT molecular complexity index is 954. The van der Waals surface area contributed by atoms with Crippen LogP contribution in [0.4, 0.5) is 0 Å². The number of ketones is 1. The highest BCUT2D eigenvalue weighted by Crippen LogP contribution is 2.19. The first-order valence-corrected chi connectivity index (χ1v) is 14.0. The van der Waals surface area contributed by atoms with E-state index in [1.807, 2.05) is 26.8 Å². The van der Waals surface area contributed by atoms with E-state index in [4.69, 9.17) is 32.4 Å². The zero-order valence-corrected chi connectivity index (χ0v) is 23.1. The second-order valence-corrected chi connectivity index (χ2v) is 10.6. The Morgan fingerprint density at radius 1 is 1.06 bits per heavy atom. The summed E-state index contributed by atoms with van der Waals surface area (Å²) in [5.41, 5.74) is -1.34. The Morgan fingerprint density at radius 2 is 1.75 bits per heavy atom. The molecule has 10 heteroatoms. The molecule has 0 fully saturated rings. The summed E-state index contributed by atoms with van der Waals surface area (Å²) in [5.74, 6) is 0.967. The van der Waals surface area contributed by atoms with Gasteiger partial charge in [-0.25, -0.2) is 0 Å². The molecule has 0 aliphatic rings. The van der Waals surface area contributed by atoms with Crippen molar-refractivity contribution in [1.82, 2.24) is 10.6 Å². The van der Waals surface area contributed by atoms with Crippen LogP contribution in [0.3, 0.4) is 0 Å². The second kappa shape index (κ2) is 15.8. The first kappa shape index (κ1) is 30.1. The van der Waals surface area contributed by atoms with E-state index in [0.29, 0.717) is 29.4 Å². The van der Waals surface area contributed by atoms with Crippen LogP contribution in [0.1, 0.15) is 52.2 Å². The fourth-order valence-corrected chi connectivity index (χ4v) is 4.53. The van der Waals surface area contributed by atoms with Gasteiger partial charge in [-0.2, -0.15) is 0 Å². The summed E-state index contributed by atoms with van der Waals surface area (Å²) in [6.45, 7) is 5.91. The number of hydrogen-bond donors (Lipinski definition) is 2. The number of alkyl halides is 1. The number of halogens is 2. The lowest BCUT2D eigenvalue weighted by atomic mass is 10.0. The molecule has 198 valence electrons. The number of furan rings is 1. The van der Waals surface area contributed by atoms with E-state index in [2.05, 4.69) is 10.6 Å². The van der Waals surface area contributed by atoms with Crippen molar-refractivity contribution in [2.24, 2.45) is 5.92 Å². The van der Waals surface area contributed by atoms with Crippen molar-refractivity contribution in [2.45, 2.75) is 69.9 Å². The molecule has 0 saturated heterocycles. The maximum atomic E-state index is 13.2. The number of hydrogen-bond acceptors (Lipinski definition) is 6. The summed E-state index contributed by atoms with van der Waals surface area (Å²) in [5, 5.41) is 6.07. The Balaban J connectivity index is 1.99. The molecule has 1 heterocycles. The standard InChI is InChI=1S/C26H34Cl2N2O5S/c1-4-5-8-21(23(31)16-36-15-20-7-6-13-34-20)29-25(32)22(14-17(2)3)30-26(33)24(28)35-19-11-9-18(27)10-12-19/h6-7,9-13,17,21-22,24H,4-5,8,14-16H2,1-3H3,(H,29,32)(H,30,33)/t21-,22-,24?/m0/s1. The minimum Gasteiger partial charge on any atom is -0.468 e. The maximum Gasteiger partial charge on any atom is 0.277 e. The molecule has 3 atom stereocenters.